The van der Waals surface area contributed by atoms with E-state index in [1.54, 1.807) is 18.2 Å². The van der Waals surface area contributed by atoms with Crippen LogP contribution in [0.3, 0.4) is 0 Å². The van der Waals surface area contributed by atoms with E-state index in [-0.39, 0.29) is 11.5 Å². The number of amides is 1. The van der Waals surface area contributed by atoms with Crippen molar-refractivity contribution in [1.82, 2.24) is 9.97 Å². The van der Waals surface area contributed by atoms with E-state index in [4.69, 9.17) is 4.74 Å². The first-order valence-electron chi connectivity index (χ1n) is 9.29. The third-order valence-electron chi connectivity index (χ3n) is 4.51. The minimum absolute atomic E-state index is 0.179. The minimum atomic E-state index is -0.236. The fourth-order valence-electron chi connectivity index (χ4n) is 2.98. The van der Waals surface area contributed by atoms with E-state index in [0.29, 0.717) is 28.4 Å². The van der Waals surface area contributed by atoms with Gasteiger partial charge in [-0.2, -0.15) is 0 Å². The number of nitrogens with zero attached hydrogens (tertiary/aromatic N) is 1. The molecule has 6 nitrogen and oxygen atoms in total. The summed E-state index contributed by atoms with van der Waals surface area (Å²) < 4.78 is 5.24. The Morgan fingerprint density at radius 2 is 1.77 bits per heavy atom. The molecule has 0 aliphatic carbocycles. The average Bonchev–Trinajstić information content (AvgIpc) is 2.78. The first-order valence-corrected chi connectivity index (χ1v) is 10.3. The number of methoxy groups -OCH3 is 1. The first-order chi connectivity index (χ1) is 14.6. The number of anilines is 1. The lowest BCUT2D eigenvalue weighted by Crippen LogP contribution is -2.14. The Bertz CT molecular complexity index is 1250. The Morgan fingerprint density at radius 3 is 2.57 bits per heavy atom. The monoisotopic (exact) mass is 417 g/mol. The van der Waals surface area contributed by atoms with Crippen molar-refractivity contribution in [3.05, 3.63) is 94.4 Å². The van der Waals surface area contributed by atoms with Crippen molar-refractivity contribution in [3.63, 3.8) is 0 Å². The number of fused-ring (bicyclic) bond motifs is 1. The van der Waals surface area contributed by atoms with Gasteiger partial charge in [-0.1, -0.05) is 24.3 Å². The average molecular weight is 417 g/mol. The van der Waals surface area contributed by atoms with Crippen LogP contribution in [-0.4, -0.2) is 23.0 Å². The summed E-state index contributed by atoms with van der Waals surface area (Å²) in [6.07, 6.45) is 0. The van der Waals surface area contributed by atoms with Gasteiger partial charge in [-0.05, 0) is 48.5 Å². The number of ether oxygens (including phenoxy) is 1. The second-order valence-electron chi connectivity index (χ2n) is 6.50. The maximum Gasteiger partial charge on any atom is 0.271 e. The van der Waals surface area contributed by atoms with Gasteiger partial charge in [-0.3, -0.25) is 9.59 Å². The molecule has 30 heavy (non-hydrogen) atoms. The predicted molar refractivity (Wildman–Crippen MR) is 119 cm³/mol. The van der Waals surface area contributed by atoms with E-state index in [1.165, 1.54) is 18.9 Å². The third kappa shape index (κ3) is 4.36. The highest BCUT2D eigenvalue weighted by Gasteiger charge is 2.12. The van der Waals surface area contributed by atoms with E-state index in [1.807, 2.05) is 54.6 Å². The van der Waals surface area contributed by atoms with Crippen molar-refractivity contribution in [2.24, 2.45) is 0 Å². The topological polar surface area (TPSA) is 84.1 Å². The molecule has 150 valence electrons. The van der Waals surface area contributed by atoms with Gasteiger partial charge in [-0.15, -0.1) is 11.8 Å². The largest absolute Gasteiger partial charge is 0.496 e. The molecule has 2 N–H and O–H groups in total. The van der Waals surface area contributed by atoms with Gasteiger partial charge in [0.1, 0.15) is 11.4 Å². The fraction of sp³-hybridized carbons (Fsp3) is 0.0870. The van der Waals surface area contributed by atoms with Crippen LogP contribution >= 0.6 is 11.8 Å². The molecule has 0 saturated carbocycles. The fourth-order valence-corrected chi connectivity index (χ4v) is 3.81. The van der Waals surface area contributed by atoms with Gasteiger partial charge in [-0.25, -0.2) is 4.98 Å². The van der Waals surface area contributed by atoms with Gasteiger partial charge in [0, 0.05) is 16.3 Å². The summed E-state index contributed by atoms with van der Waals surface area (Å²) in [6.45, 7) is 0. The molecule has 1 aromatic heterocycles. The zero-order valence-electron chi connectivity index (χ0n) is 16.2. The van der Waals surface area contributed by atoms with Crippen molar-refractivity contribution in [1.29, 1.82) is 0 Å². The van der Waals surface area contributed by atoms with E-state index in [0.717, 1.165) is 15.9 Å². The van der Waals surface area contributed by atoms with Crippen molar-refractivity contribution in [3.8, 4) is 5.75 Å². The van der Waals surface area contributed by atoms with Gasteiger partial charge in [0.25, 0.3) is 11.5 Å². The number of para-hydroxylation sites is 3. The Morgan fingerprint density at radius 1 is 1.03 bits per heavy atom. The molecular weight excluding hydrogens is 398 g/mol. The molecule has 0 aliphatic rings. The van der Waals surface area contributed by atoms with Crippen LogP contribution in [0.4, 0.5) is 5.69 Å². The number of rotatable bonds is 6. The number of H-pyrrole nitrogens is 1. The molecule has 0 atom stereocenters. The second-order valence-corrected chi connectivity index (χ2v) is 7.55. The molecule has 0 bridgehead atoms. The van der Waals surface area contributed by atoms with Gasteiger partial charge in [0.05, 0.1) is 23.7 Å². The quantitative estimate of drug-likeness (QED) is 0.452. The van der Waals surface area contributed by atoms with Gasteiger partial charge < -0.3 is 15.0 Å². The lowest BCUT2D eigenvalue weighted by atomic mass is 10.2. The van der Waals surface area contributed by atoms with Crippen molar-refractivity contribution in [2.75, 3.05) is 12.4 Å². The van der Waals surface area contributed by atoms with Crippen molar-refractivity contribution in [2.45, 2.75) is 10.6 Å². The van der Waals surface area contributed by atoms with E-state index in [2.05, 4.69) is 15.3 Å². The van der Waals surface area contributed by atoms with Crippen LogP contribution < -0.4 is 15.6 Å². The summed E-state index contributed by atoms with van der Waals surface area (Å²) in [5.41, 5.74) is 2.94. The maximum atomic E-state index is 12.5. The van der Waals surface area contributed by atoms with E-state index < -0.39 is 0 Å². The zero-order valence-corrected chi connectivity index (χ0v) is 17.0. The molecule has 0 aliphatic heterocycles. The molecule has 4 rings (SSSR count). The molecule has 0 radical (unpaired) electrons. The van der Waals surface area contributed by atoms with Crippen molar-refractivity contribution >= 4 is 34.4 Å². The summed E-state index contributed by atoms with van der Waals surface area (Å²) in [6, 6.07) is 22.0. The summed E-state index contributed by atoms with van der Waals surface area (Å²) in [4.78, 5) is 33.0. The summed E-state index contributed by atoms with van der Waals surface area (Å²) >= 11 is 1.51. The van der Waals surface area contributed by atoms with E-state index in [9.17, 15) is 9.59 Å². The molecule has 0 fully saturated rings. The highest BCUT2D eigenvalue weighted by Crippen LogP contribution is 2.24. The van der Waals surface area contributed by atoms with Crippen LogP contribution in [0.5, 0.6) is 5.75 Å². The van der Waals surface area contributed by atoms with Crippen LogP contribution in [-0.2, 0) is 5.75 Å². The maximum absolute atomic E-state index is 12.5. The van der Waals surface area contributed by atoms with Crippen molar-refractivity contribution < 1.29 is 9.53 Å². The molecule has 0 spiro atoms. The molecule has 0 unspecified atom stereocenters. The number of hydrogen-bond donors (Lipinski definition) is 2. The predicted octanol–water partition coefficient (Wildman–Crippen LogP) is 4.48. The summed E-state index contributed by atoms with van der Waals surface area (Å²) in [5.74, 6) is 0.739. The number of benzene rings is 3. The standard InChI is InChI=1S/C23H19N3O3S/c1-29-21-9-5-2-6-17(21)22(27)24-15-10-12-16(13-11-15)30-14-20-23(28)26-19-8-4-3-7-18(19)25-20/h2-13H,14H2,1H3,(H,24,27)(H,26,28). The number of nitrogens with one attached hydrogen (secondary N) is 2. The van der Waals surface area contributed by atoms with Crippen LogP contribution in [0.15, 0.2) is 82.5 Å². The molecule has 1 heterocycles. The van der Waals surface area contributed by atoms with Crippen LogP contribution in [0, 0.1) is 0 Å². The molecular formula is C23H19N3O3S. The van der Waals surface area contributed by atoms with Crippen LogP contribution in [0.1, 0.15) is 16.1 Å². The minimum Gasteiger partial charge on any atom is -0.496 e. The SMILES string of the molecule is COc1ccccc1C(=O)Nc1ccc(SCc2nc3ccccc3[nH]c2=O)cc1. The van der Waals surface area contributed by atoms with Gasteiger partial charge >= 0.3 is 0 Å². The normalized spacial score (nSPS) is 10.7. The smallest absolute Gasteiger partial charge is 0.271 e. The Hall–Kier alpha value is -3.58. The first kappa shape index (κ1) is 19.7. The third-order valence-corrected chi connectivity index (χ3v) is 5.53. The molecule has 4 aromatic rings. The van der Waals surface area contributed by atoms with Crippen LogP contribution in [0.2, 0.25) is 0 Å². The Balaban J connectivity index is 1.42. The van der Waals surface area contributed by atoms with Crippen LogP contribution in [0.25, 0.3) is 11.0 Å². The van der Waals surface area contributed by atoms with E-state index >= 15 is 0 Å². The van der Waals surface area contributed by atoms with Gasteiger partial charge in [0.15, 0.2) is 0 Å². The summed E-state index contributed by atoms with van der Waals surface area (Å²) in [5, 5.41) is 2.87. The highest BCUT2D eigenvalue weighted by atomic mass is 32.2. The number of hydrogen-bond acceptors (Lipinski definition) is 5. The zero-order chi connectivity index (χ0) is 20.9. The lowest BCUT2D eigenvalue weighted by molar-refractivity contribution is 0.102. The Kier molecular flexibility index (Phi) is 5.81. The summed E-state index contributed by atoms with van der Waals surface area (Å²) in [7, 11) is 1.54. The molecule has 3 aromatic carbocycles. The molecule has 7 heteroatoms. The number of aromatic nitrogens is 2. The van der Waals surface area contributed by atoms with Gasteiger partial charge in [0.2, 0.25) is 0 Å². The Labute approximate surface area is 177 Å². The number of thioether (sulfide) groups is 1. The lowest BCUT2D eigenvalue weighted by Gasteiger charge is -2.09. The number of aromatic amines is 1. The number of carbonyl (C=O) groups is 1. The molecule has 0 saturated heterocycles. The number of carbonyl (C=O) groups excluding carboxylic acids is 1. The molecule has 1 amide bonds. The second kappa shape index (κ2) is 8.84. The highest BCUT2D eigenvalue weighted by molar-refractivity contribution is 7.98.